The van der Waals surface area contributed by atoms with Gasteiger partial charge in [0.05, 0.1) is 0 Å². The number of aryl methyl sites for hydroxylation is 1. The highest BCUT2D eigenvalue weighted by Crippen LogP contribution is 2.34. The Morgan fingerprint density at radius 3 is 2.60 bits per heavy atom. The van der Waals surface area contributed by atoms with Crippen LogP contribution in [0.25, 0.3) is 5.69 Å². The van der Waals surface area contributed by atoms with Crippen molar-refractivity contribution in [2.45, 2.75) is 39.0 Å². The fraction of sp³-hybridized carbons (Fsp3) is 0.526. The first kappa shape index (κ1) is 17.6. The Morgan fingerprint density at radius 1 is 1.24 bits per heavy atom. The number of likely N-dealkylation sites (tertiary alicyclic amines) is 1. The van der Waals surface area contributed by atoms with E-state index in [9.17, 15) is 9.90 Å². The molecule has 1 aliphatic rings. The van der Waals surface area contributed by atoms with Crippen LogP contribution in [0.3, 0.4) is 0 Å². The van der Waals surface area contributed by atoms with Gasteiger partial charge in [-0.1, -0.05) is 25.1 Å². The summed E-state index contributed by atoms with van der Waals surface area (Å²) in [5.74, 6) is 0.958. The third-order valence-electron chi connectivity index (χ3n) is 5.48. The summed E-state index contributed by atoms with van der Waals surface area (Å²) in [6, 6.07) is 9.91. The first-order chi connectivity index (χ1) is 12.2. The second kappa shape index (κ2) is 7.78. The van der Waals surface area contributed by atoms with Crippen LogP contribution in [0.1, 0.15) is 38.4 Å². The van der Waals surface area contributed by atoms with Gasteiger partial charge in [0.1, 0.15) is 12.2 Å². The maximum Gasteiger partial charge on any atom is 0.223 e. The Morgan fingerprint density at radius 2 is 1.96 bits per heavy atom. The van der Waals surface area contributed by atoms with E-state index in [0.29, 0.717) is 12.8 Å². The molecule has 0 aliphatic carbocycles. The minimum absolute atomic E-state index is 0.00423. The molecule has 0 bridgehead atoms. The van der Waals surface area contributed by atoms with E-state index in [1.807, 2.05) is 39.8 Å². The van der Waals surface area contributed by atoms with Crippen LogP contribution in [0, 0.1) is 5.41 Å². The lowest BCUT2D eigenvalue weighted by atomic mass is 9.77. The fourth-order valence-electron chi connectivity index (χ4n) is 3.46. The van der Waals surface area contributed by atoms with Crippen LogP contribution < -0.4 is 0 Å². The molecule has 0 atom stereocenters. The molecule has 0 radical (unpaired) electrons. The maximum atomic E-state index is 12.5. The molecule has 2 aromatic rings. The van der Waals surface area contributed by atoms with E-state index >= 15 is 0 Å². The summed E-state index contributed by atoms with van der Waals surface area (Å²) in [4.78, 5) is 14.5. The summed E-state index contributed by atoms with van der Waals surface area (Å²) in [6.45, 7) is 3.80. The molecule has 6 nitrogen and oxygen atoms in total. The van der Waals surface area contributed by atoms with E-state index < -0.39 is 0 Å². The van der Waals surface area contributed by atoms with Crippen molar-refractivity contribution < 1.29 is 9.90 Å². The summed E-state index contributed by atoms with van der Waals surface area (Å²) in [6.07, 6.45) is 5.42. The second-order valence-electron chi connectivity index (χ2n) is 6.85. The van der Waals surface area contributed by atoms with E-state index in [4.69, 9.17) is 0 Å². The maximum absolute atomic E-state index is 12.5. The summed E-state index contributed by atoms with van der Waals surface area (Å²) in [5.41, 5.74) is 1.01. The van der Waals surface area contributed by atoms with Crippen molar-refractivity contribution in [1.29, 1.82) is 0 Å². The van der Waals surface area contributed by atoms with Crippen molar-refractivity contribution in [3.05, 3.63) is 42.5 Å². The van der Waals surface area contributed by atoms with Crippen LogP contribution in [0.15, 0.2) is 36.7 Å². The minimum Gasteiger partial charge on any atom is -0.396 e. The van der Waals surface area contributed by atoms with E-state index in [1.165, 1.54) is 0 Å². The van der Waals surface area contributed by atoms with Crippen LogP contribution in [0.5, 0.6) is 0 Å². The Kier molecular flexibility index (Phi) is 5.48. The Labute approximate surface area is 148 Å². The number of para-hydroxylation sites is 1. The van der Waals surface area contributed by atoms with E-state index in [-0.39, 0.29) is 17.9 Å². The number of carbonyl (C=O) groups excluding carboxylic acids is 1. The zero-order valence-corrected chi connectivity index (χ0v) is 14.8. The molecular formula is C19H26N4O2. The van der Waals surface area contributed by atoms with Gasteiger partial charge in [0, 0.05) is 38.2 Å². The van der Waals surface area contributed by atoms with Crippen LogP contribution >= 0.6 is 0 Å². The number of aromatic nitrogens is 3. The highest BCUT2D eigenvalue weighted by atomic mass is 16.3. The molecule has 25 heavy (non-hydrogen) atoms. The molecule has 1 aliphatic heterocycles. The predicted molar refractivity (Wildman–Crippen MR) is 95.3 cm³/mol. The van der Waals surface area contributed by atoms with Crippen LogP contribution in [-0.2, 0) is 11.2 Å². The number of nitrogens with zero attached hydrogens (tertiary/aromatic N) is 4. The largest absolute Gasteiger partial charge is 0.396 e. The average Bonchev–Trinajstić information content (AvgIpc) is 3.15. The van der Waals surface area contributed by atoms with Crippen LogP contribution in [0.4, 0.5) is 0 Å². The topological polar surface area (TPSA) is 71.2 Å². The van der Waals surface area contributed by atoms with Gasteiger partial charge >= 0.3 is 0 Å². The number of aliphatic hydroxyl groups is 1. The van der Waals surface area contributed by atoms with Gasteiger partial charge in [-0.2, -0.15) is 0 Å². The van der Waals surface area contributed by atoms with Crippen molar-refractivity contribution in [2.24, 2.45) is 5.41 Å². The van der Waals surface area contributed by atoms with Gasteiger partial charge < -0.3 is 10.0 Å². The number of hydrogen-bond acceptors (Lipinski definition) is 4. The Hall–Kier alpha value is -2.21. The summed E-state index contributed by atoms with van der Waals surface area (Å²) in [7, 11) is 0. The lowest BCUT2D eigenvalue weighted by Crippen LogP contribution is -2.44. The van der Waals surface area contributed by atoms with Gasteiger partial charge in [-0.05, 0) is 36.8 Å². The second-order valence-corrected chi connectivity index (χ2v) is 6.85. The van der Waals surface area contributed by atoms with Crippen molar-refractivity contribution in [2.75, 3.05) is 19.7 Å². The van der Waals surface area contributed by atoms with Crippen LogP contribution in [-0.4, -0.2) is 50.4 Å². The molecule has 6 heteroatoms. The van der Waals surface area contributed by atoms with Gasteiger partial charge in [-0.25, -0.2) is 0 Å². The van der Waals surface area contributed by atoms with Crippen molar-refractivity contribution in [3.63, 3.8) is 0 Å². The number of carbonyl (C=O) groups is 1. The normalized spacial score (nSPS) is 16.8. The molecule has 2 heterocycles. The van der Waals surface area contributed by atoms with Crippen molar-refractivity contribution >= 4 is 5.91 Å². The van der Waals surface area contributed by atoms with Crippen molar-refractivity contribution in [1.82, 2.24) is 19.7 Å². The molecule has 1 aromatic heterocycles. The molecule has 0 saturated carbocycles. The van der Waals surface area contributed by atoms with Crippen molar-refractivity contribution in [3.8, 4) is 5.69 Å². The third kappa shape index (κ3) is 3.90. The molecule has 1 fully saturated rings. The monoisotopic (exact) mass is 342 g/mol. The predicted octanol–water partition coefficient (Wildman–Crippen LogP) is 2.21. The van der Waals surface area contributed by atoms with Gasteiger partial charge in [-0.3, -0.25) is 9.36 Å². The van der Waals surface area contributed by atoms with Gasteiger partial charge in [-0.15, -0.1) is 10.2 Å². The molecular weight excluding hydrogens is 316 g/mol. The van der Waals surface area contributed by atoms with E-state index in [2.05, 4.69) is 17.1 Å². The summed E-state index contributed by atoms with van der Waals surface area (Å²) >= 11 is 0. The average molecular weight is 342 g/mol. The lowest BCUT2D eigenvalue weighted by molar-refractivity contribution is -0.134. The first-order valence-corrected chi connectivity index (χ1v) is 9.00. The summed E-state index contributed by atoms with van der Waals surface area (Å²) in [5, 5.41) is 17.8. The number of hydrogen-bond donors (Lipinski definition) is 1. The highest BCUT2D eigenvalue weighted by Gasteiger charge is 2.33. The lowest BCUT2D eigenvalue weighted by Gasteiger charge is -2.40. The summed E-state index contributed by atoms with van der Waals surface area (Å²) < 4.78 is 1.93. The minimum atomic E-state index is 0.00423. The number of rotatable bonds is 6. The molecule has 0 spiro atoms. The number of piperidine rings is 1. The Bertz CT molecular complexity index is 684. The number of benzene rings is 1. The molecule has 0 unspecified atom stereocenters. The third-order valence-corrected chi connectivity index (χ3v) is 5.48. The van der Waals surface area contributed by atoms with E-state index in [0.717, 1.165) is 43.9 Å². The van der Waals surface area contributed by atoms with Gasteiger partial charge in [0.25, 0.3) is 0 Å². The smallest absolute Gasteiger partial charge is 0.223 e. The Balaban J connectivity index is 1.57. The zero-order valence-electron chi connectivity index (χ0n) is 14.8. The quantitative estimate of drug-likeness (QED) is 0.874. The number of amides is 1. The molecule has 1 amide bonds. The highest BCUT2D eigenvalue weighted by molar-refractivity contribution is 5.76. The molecule has 3 rings (SSSR count). The molecule has 134 valence electrons. The zero-order chi connectivity index (χ0) is 17.7. The first-order valence-electron chi connectivity index (χ1n) is 9.00. The SMILES string of the molecule is CCC1(CO)CCN(C(=O)CCc2nncn2-c2ccccc2)CC1. The standard InChI is InChI=1S/C19H26N4O2/c1-2-19(14-24)10-12-22(13-11-19)18(25)9-8-17-21-20-15-23(17)16-6-4-3-5-7-16/h3-7,15,24H,2,8-14H2,1H3. The van der Waals surface area contributed by atoms with Crippen LogP contribution in [0.2, 0.25) is 0 Å². The molecule has 1 saturated heterocycles. The molecule has 1 aromatic carbocycles. The van der Waals surface area contributed by atoms with Gasteiger partial charge in [0.15, 0.2) is 0 Å². The van der Waals surface area contributed by atoms with E-state index in [1.54, 1.807) is 6.33 Å². The molecule has 1 N–H and O–H groups in total. The van der Waals surface area contributed by atoms with Gasteiger partial charge in [0.2, 0.25) is 5.91 Å². The fourth-order valence-corrected chi connectivity index (χ4v) is 3.46. The number of aliphatic hydroxyl groups excluding tert-OH is 1.